The quantitative estimate of drug-likeness (QED) is 0.203. The normalized spacial score (nSPS) is 10.6. The van der Waals surface area contributed by atoms with E-state index in [0.29, 0.717) is 19.7 Å². The number of hydrogen-bond acceptors (Lipinski definition) is 4. The zero-order valence-corrected chi connectivity index (χ0v) is 22.1. The molecule has 0 radical (unpaired) electrons. The monoisotopic (exact) mass is 504 g/mol. The van der Waals surface area contributed by atoms with Crippen molar-refractivity contribution in [3.63, 3.8) is 0 Å². The highest BCUT2D eigenvalue weighted by molar-refractivity contribution is 7.99. The number of urea groups is 1. The molecule has 0 unspecified atom stereocenters. The molecule has 3 aromatic rings. The van der Waals surface area contributed by atoms with Crippen LogP contribution in [-0.4, -0.2) is 31.7 Å². The van der Waals surface area contributed by atoms with Gasteiger partial charge in [-0.1, -0.05) is 67.6 Å². The van der Waals surface area contributed by atoms with Crippen LogP contribution < -0.4 is 10.2 Å². The molecule has 0 heterocycles. The minimum Gasteiger partial charge on any atom is -0.466 e. The molecule has 36 heavy (non-hydrogen) atoms. The summed E-state index contributed by atoms with van der Waals surface area (Å²) in [6.07, 6.45) is 4.12. The maximum absolute atomic E-state index is 13.0. The number of ether oxygens (including phenoxy) is 1. The number of benzene rings is 3. The Bertz CT molecular complexity index is 1070. The molecule has 6 heteroatoms. The number of amides is 2. The van der Waals surface area contributed by atoms with E-state index in [9.17, 15) is 9.59 Å². The Labute approximate surface area is 219 Å². The van der Waals surface area contributed by atoms with E-state index in [0.717, 1.165) is 46.7 Å². The molecule has 0 aromatic heterocycles. The van der Waals surface area contributed by atoms with E-state index in [2.05, 4.69) is 48.6 Å². The highest BCUT2D eigenvalue weighted by Crippen LogP contribution is 2.30. The first-order chi connectivity index (χ1) is 17.6. The lowest BCUT2D eigenvalue weighted by Gasteiger charge is -2.23. The van der Waals surface area contributed by atoms with Gasteiger partial charge in [-0.3, -0.25) is 9.69 Å². The molecule has 0 fully saturated rings. The molecular weight excluding hydrogens is 468 g/mol. The Morgan fingerprint density at radius 3 is 2.14 bits per heavy atom. The minimum atomic E-state index is -0.208. The maximum Gasteiger partial charge on any atom is 0.321 e. The fraction of sp³-hybridized carbons (Fsp3) is 0.333. The maximum atomic E-state index is 13.0. The molecule has 0 saturated carbocycles. The van der Waals surface area contributed by atoms with Gasteiger partial charge in [0, 0.05) is 28.6 Å². The van der Waals surface area contributed by atoms with Crippen LogP contribution in [0.3, 0.4) is 0 Å². The van der Waals surface area contributed by atoms with Crippen molar-refractivity contribution in [3.8, 4) is 0 Å². The Morgan fingerprint density at radius 1 is 0.833 bits per heavy atom. The van der Waals surface area contributed by atoms with Crippen LogP contribution in [0.4, 0.5) is 10.5 Å². The number of nitrogens with zero attached hydrogens (tertiary/aromatic N) is 1. The number of unbranched alkanes of at least 4 members (excludes halogenated alkanes) is 1. The van der Waals surface area contributed by atoms with E-state index in [1.54, 1.807) is 11.8 Å². The molecular formula is C30H36N2O3S. The van der Waals surface area contributed by atoms with E-state index in [4.69, 9.17) is 4.74 Å². The van der Waals surface area contributed by atoms with Gasteiger partial charge in [-0.25, -0.2) is 4.79 Å². The van der Waals surface area contributed by atoms with Gasteiger partial charge in [-0.15, -0.1) is 0 Å². The average Bonchev–Trinajstić information content (AvgIpc) is 2.89. The summed E-state index contributed by atoms with van der Waals surface area (Å²) in [6, 6.07) is 26.4. The van der Waals surface area contributed by atoms with Gasteiger partial charge < -0.3 is 10.1 Å². The number of aryl methyl sites for hydroxylation is 1. The second kappa shape index (κ2) is 15.0. The SMILES string of the molecule is CCCCNC(=O)N(CCCc1ccccc1)c1ccc(Sc2ccc(CC(=O)OCC)cc2)cc1. The summed E-state index contributed by atoms with van der Waals surface area (Å²) in [5, 5.41) is 3.06. The van der Waals surface area contributed by atoms with E-state index in [1.807, 2.05) is 54.3 Å². The number of carbonyl (C=O) groups excluding carboxylic acids is 2. The largest absolute Gasteiger partial charge is 0.466 e. The Kier molecular flexibility index (Phi) is 11.4. The molecule has 190 valence electrons. The lowest BCUT2D eigenvalue weighted by molar-refractivity contribution is -0.142. The van der Waals surface area contributed by atoms with Crippen LogP contribution in [0.25, 0.3) is 0 Å². The van der Waals surface area contributed by atoms with Crippen molar-refractivity contribution >= 4 is 29.4 Å². The van der Waals surface area contributed by atoms with Gasteiger partial charge in [-0.05, 0) is 73.7 Å². The number of esters is 1. The van der Waals surface area contributed by atoms with Crippen molar-refractivity contribution in [2.75, 3.05) is 24.6 Å². The molecule has 0 aliphatic rings. The first-order valence-corrected chi connectivity index (χ1v) is 13.5. The van der Waals surface area contributed by atoms with Crippen molar-refractivity contribution in [1.82, 2.24) is 5.32 Å². The topological polar surface area (TPSA) is 58.6 Å². The molecule has 0 saturated heterocycles. The van der Waals surface area contributed by atoms with Crippen molar-refractivity contribution in [2.45, 2.75) is 55.7 Å². The number of carbonyl (C=O) groups is 2. The van der Waals surface area contributed by atoms with Gasteiger partial charge in [-0.2, -0.15) is 0 Å². The Hall–Kier alpha value is -3.25. The predicted octanol–water partition coefficient (Wildman–Crippen LogP) is 6.89. The predicted molar refractivity (Wildman–Crippen MR) is 148 cm³/mol. The van der Waals surface area contributed by atoms with Gasteiger partial charge in [0.25, 0.3) is 0 Å². The number of rotatable bonds is 13. The third-order valence-electron chi connectivity index (χ3n) is 5.70. The van der Waals surface area contributed by atoms with Gasteiger partial charge in [0.05, 0.1) is 13.0 Å². The number of anilines is 1. The molecule has 0 bridgehead atoms. The van der Waals surface area contributed by atoms with Crippen molar-refractivity contribution in [3.05, 3.63) is 90.0 Å². The van der Waals surface area contributed by atoms with Crippen LogP contribution in [0.15, 0.2) is 88.7 Å². The van der Waals surface area contributed by atoms with Crippen LogP contribution in [0.5, 0.6) is 0 Å². The molecule has 0 aliphatic carbocycles. The highest BCUT2D eigenvalue weighted by atomic mass is 32.2. The van der Waals surface area contributed by atoms with E-state index in [-0.39, 0.29) is 18.4 Å². The summed E-state index contributed by atoms with van der Waals surface area (Å²) >= 11 is 1.65. The first-order valence-electron chi connectivity index (χ1n) is 12.7. The van der Waals surface area contributed by atoms with Crippen LogP contribution in [0.1, 0.15) is 44.2 Å². The van der Waals surface area contributed by atoms with Crippen LogP contribution in [-0.2, 0) is 22.4 Å². The standard InChI is InChI=1S/C30H36N2O3S/c1-3-5-21-31-30(34)32(22-9-12-24-10-7-6-8-11-24)26-15-19-28(20-16-26)36-27-17-13-25(14-18-27)23-29(33)35-4-2/h6-8,10-11,13-20H,3-5,9,12,21-23H2,1-2H3,(H,31,34). The molecule has 0 spiro atoms. The first kappa shape index (κ1) is 27.3. The zero-order chi connectivity index (χ0) is 25.6. The van der Waals surface area contributed by atoms with E-state index in [1.165, 1.54) is 5.56 Å². The smallest absolute Gasteiger partial charge is 0.321 e. The summed E-state index contributed by atoms with van der Waals surface area (Å²) in [7, 11) is 0. The third kappa shape index (κ3) is 9.08. The van der Waals surface area contributed by atoms with Gasteiger partial charge in [0.2, 0.25) is 0 Å². The van der Waals surface area contributed by atoms with Gasteiger partial charge in [0.1, 0.15) is 0 Å². The van der Waals surface area contributed by atoms with Crippen LogP contribution in [0, 0.1) is 0 Å². The molecule has 1 N–H and O–H groups in total. The highest BCUT2D eigenvalue weighted by Gasteiger charge is 2.15. The lowest BCUT2D eigenvalue weighted by Crippen LogP contribution is -2.41. The second-order valence-corrected chi connectivity index (χ2v) is 9.69. The van der Waals surface area contributed by atoms with Gasteiger partial charge in [0.15, 0.2) is 0 Å². The minimum absolute atomic E-state index is 0.0471. The summed E-state index contributed by atoms with van der Waals surface area (Å²) in [5.74, 6) is -0.208. The summed E-state index contributed by atoms with van der Waals surface area (Å²) in [4.78, 5) is 28.7. The molecule has 5 nitrogen and oxygen atoms in total. The summed E-state index contributed by atoms with van der Waals surface area (Å²) < 4.78 is 5.02. The zero-order valence-electron chi connectivity index (χ0n) is 21.2. The van der Waals surface area contributed by atoms with Gasteiger partial charge >= 0.3 is 12.0 Å². The second-order valence-electron chi connectivity index (χ2n) is 8.55. The fourth-order valence-corrected chi connectivity index (χ4v) is 4.60. The number of hydrogen-bond donors (Lipinski definition) is 1. The molecule has 0 aliphatic heterocycles. The lowest BCUT2D eigenvalue weighted by atomic mass is 10.1. The van der Waals surface area contributed by atoms with Crippen LogP contribution >= 0.6 is 11.8 Å². The summed E-state index contributed by atoms with van der Waals surface area (Å²) in [5.41, 5.74) is 3.11. The van der Waals surface area contributed by atoms with Crippen molar-refractivity contribution < 1.29 is 14.3 Å². The van der Waals surface area contributed by atoms with Crippen molar-refractivity contribution in [2.24, 2.45) is 0 Å². The Balaban J connectivity index is 1.62. The van der Waals surface area contributed by atoms with E-state index < -0.39 is 0 Å². The molecule has 2 amide bonds. The summed E-state index contributed by atoms with van der Waals surface area (Å²) in [6.45, 7) is 5.67. The fourth-order valence-electron chi connectivity index (χ4n) is 3.79. The van der Waals surface area contributed by atoms with Crippen molar-refractivity contribution in [1.29, 1.82) is 0 Å². The van der Waals surface area contributed by atoms with E-state index >= 15 is 0 Å². The van der Waals surface area contributed by atoms with Crippen LogP contribution in [0.2, 0.25) is 0 Å². The molecule has 0 atom stereocenters. The third-order valence-corrected chi connectivity index (χ3v) is 6.72. The average molecular weight is 505 g/mol. The molecule has 3 aromatic carbocycles. The molecule has 3 rings (SSSR count). The Morgan fingerprint density at radius 2 is 1.50 bits per heavy atom. The number of nitrogens with one attached hydrogen (secondary N) is 1.